The van der Waals surface area contributed by atoms with Crippen molar-refractivity contribution in [3.8, 4) is 23.0 Å². The number of aromatic nitrogens is 5. The maximum atomic E-state index is 10.4. The van der Waals surface area contributed by atoms with Gasteiger partial charge in [0, 0.05) is 19.0 Å². The Kier molecular flexibility index (Phi) is 4.57. The molecule has 1 atom stereocenters. The van der Waals surface area contributed by atoms with Gasteiger partial charge in [-0.15, -0.1) is 5.10 Å². The fourth-order valence-corrected chi connectivity index (χ4v) is 3.44. The van der Waals surface area contributed by atoms with Crippen LogP contribution in [-0.4, -0.2) is 42.9 Å². The smallest absolute Gasteiger partial charge is 0.246 e. The Morgan fingerprint density at radius 3 is 2.96 bits per heavy atom. The molecule has 8 heteroatoms. The summed E-state index contributed by atoms with van der Waals surface area (Å²) in [5.74, 6) is 0.362. The van der Waals surface area contributed by atoms with E-state index in [1.807, 2.05) is 17.7 Å². The molecule has 1 aliphatic heterocycles. The summed E-state index contributed by atoms with van der Waals surface area (Å²) in [4.78, 5) is 4.55. The first-order valence-corrected chi connectivity index (χ1v) is 9.15. The van der Waals surface area contributed by atoms with E-state index in [0.29, 0.717) is 23.7 Å². The predicted molar refractivity (Wildman–Crippen MR) is 101 cm³/mol. The minimum Gasteiger partial charge on any atom is -0.493 e. The summed E-state index contributed by atoms with van der Waals surface area (Å²) < 4.78 is 14.7. The number of rotatable bonds is 5. The Hall–Kier alpha value is -2.87. The van der Waals surface area contributed by atoms with Crippen molar-refractivity contribution in [3.63, 3.8) is 0 Å². The van der Waals surface area contributed by atoms with Gasteiger partial charge >= 0.3 is 0 Å². The van der Waals surface area contributed by atoms with Crippen molar-refractivity contribution in [2.24, 2.45) is 7.05 Å². The van der Waals surface area contributed by atoms with Crippen LogP contribution in [0.1, 0.15) is 38.1 Å². The summed E-state index contributed by atoms with van der Waals surface area (Å²) in [5.41, 5.74) is 2.67. The molecule has 4 rings (SSSR count). The number of hydrogen-bond donors (Lipinski definition) is 1. The molecule has 1 fully saturated rings. The average Bonchev–Trinajstić information content (AvgIpc) is 3.19. The Morgan fingerprint density at radius 2 is 2.26 bits per heavy atom. The van der Waals surface area contributed by atoms with Crippen LogP contribution in [0.5, 0.6) is 11.8 Å². The molecule has 0 amide bonds. The highest BCUT2D eigenvalue weighted by Crippen LogP contribution is 2.38. The summed E-state index contributed by atoms with van der Waals surface area (Å²) >= 11 is 0. The highest BCUT2D eigenvalue weighted by atomic mass is 16.5. The molecule has 0 aliphatic carbocycles. The van der Waals surface area contributed by atoms with Crippen molar-refractivity contribution in [2.45, 2.75) is 32.4 Å². The fourth-order valence-electron chi connectivity index (χ4n) is 3.44. The van der Waals surface area contributed by atoms with Crippen LogP contribution in [-0.2, 0) is 11.8 Å². The third-order valence-electron chi connectivity index (χ3n) is 4.76. The predicted octanol–water partition coefficient (Wildman–Crippen LogP) is 3.28. The highest BCUT2D eigenvalue weighted by Gasteiger charge is 2.24. The molecule has 142 valence electrons. The zero-order chi connectivity index (χ0) is 19.0. The number of aromatic hydroxyl groups is 1. The third-order valence-corrected chi connectivity index (χ3v) is 4.76. The quantitative estimate of drug-likeness (QED) is 0.743. The van der Waals surface area contributed by atoms with Crippen LogP contribution in [0.25, 0.3) is 28.2 Å². The molecule has 3 aromatic rings. The first-order valence-electron chi connectivity index (χ1n) is 9.15. The van der Waals surface area contributed by atoms with Crippen molar-refractivity contribution in [1.29, 1.82) is 0 Å². The monoisotopic (exact) mass is 369 g/mol. The lowest BCUT2D eigenvalue weighted by molar-refractivity contribution is -0.0367. The third kappa shape index (κ3) is 2.95. The molecule has 0 saturated carbocycles. The lowest BCUT2D eigenvalue weighted by atomic mass is 10.1. The van der Waals surface area contributed by atoms with Gasteiger partial charge in [0.15, 0.2) is 6.23 Å². The second kappa shape index (κ2) is 7.03. The van der Waals surface area contributed by atoms with Crippen molar-refractivity contribution >= 4 is 17.0 Å². The zero-order valence-electron chi connectivity index (χ0n) is 15.6. The van der Waals surface area contributed by atoms with E-state index < -0.39 is 0 Å². The number of pyridine rings is 1. The molecule has 8 nitrogen and oxygen atoms in total. The molecular weight excluding hydrogens is 346 g/mol. The number of aryl methyl sites for hydroxylation is 1. The number of ether oxygens (including phenoxy) is 2. The van der Waals surface area contributed by atoms with Crippen LogP contribution in [0, 0.1) is 0 Å². The molecule has 1 saturated heterocycles. The fraction of sp³-hybridized carbons (Fsp3) is 0.421. The van der Waals surface area contributed by atoms with Gasteiger partial charge in [-0.25, -0.2) is 9.36 Å². The molecule has 0 aromatic carbocycles. The second-order valence-corrected chi connectivity index (χ2v) is 6.50. The van der Waals surface area contributed by atoms with Crippen LogP contribution in [0.4, 0.5) is 0 Å². The van der Waals surface area contributed by atoms with Crippen LogP contribution in [0.15, 0.2) is 18.8 Å². The summed E-state index contributed by atoms with van der Waals surface area (Å²) in [7, 11) is 1.66. The average molecular weight is 369 g/mol. The molecule has 27 heavy (non-hydrogen) atoms. The maximum Gasteiger partial charge on any atom is 0.246 e. The summed E-state index contributed by atoms with van der Waals surface area (Å²) in [6.45, 7) is 6.94. The van der Waals surface area contributed by atoms with Gasteiger partial charge in [0.2, 0.25) is 11.8 Å². The Labute approximate surface area is 157 Å². The van der Waals surface area contributed by atoms with Crippen molar-refractivity contribution < 1.29 is 14.6 Å². The molecule has 0 bridgehead atoms. The van der Waals surface area contributed by atoms with E-state index >= 15 is 0 Å². The van der Waals surface area contributed by atoms with E-state index in [1.165, 1.54) is 4.68 Å². The van der Waals surface area contributed by atoms with Gasteiger partial charge in [0.1, 0.15) is 5.56 Å². The Morgan fingerprint density at radius 1 is 1.41 bits per heavy atom. The van der Waals surface area contributed by atoms with Crippen molar-refractivity contribution in [2.75, 3.05) is 13.2 Å². The minimum absolute atomic E-state index is 0.00783. The standard InChI is InChI=1S/C19H23N5O3/c1-4-13-12-10-14(17-18(26-5-2)22-23(3)19(17)25)20-11-15(12)24(21-13)16-8-6-7-9-27-16/h4,10-11,16,25H,1,5-9H2,2-3H3. The van der Waals surface area contributed by atoms with E-state index in [1.54, 1.807) is 19.3 Å². The van der Waals surface area contributed by atoms with Crippen LogP contribution < -0.4 is 4.74 Å². The molecule has 0 spiro atoms. The normalized spacial score (nSPS) is 17.3. The van der Waals surface area contributed by atoms with Gasteiger partial charge < -0.3 is 14.6 Å². The SMILES string of the molecule is C=Cc1nn(C2CCCCO2)c2cnc(-c3c(OCC)nn(C)c3O)cc12. The van der Waals surface area contributed by atoms with Gasteiger partial charge in [-0.3, -0.25) is 4.98 Å². The van der Waals surface area contributed by atoms with Gasteiger partial charge in [-0.2, -0.15) is 5.10 Å². The summed E-state index contributed by atoms with van der Waals surface area (Å²) in [6, 6.07) is 1.89. The zero-order valence-corrected chi connectivity index (χ0v) is 15.6. The van der Waals surface area contributed by atoms with Crippen LogP contribution >= 0.6 is 0 Å². The molecule has 4 heterocycles. The number of nitrogens with zero attached hydrogens (tertiary/aromatic N) is 5. The van der Waals surface area contributed by atoms with E-state index in [-0.39, 0.29) is 12.1 Å². The lowest BCUT2D eigenvalue weighted by Crippen LogP contribution is -2.19. The number of fused-ring (bicyclic) bond motifs is 1. The minimum atomic E-state index is -0.0895. The van der Waals surface area contributed by atoms with Gasteiger partial charge in [0.25, 0.3) is 0 Å². The van der Waals surface area contributed by atoms with Crippen LogP contribution in [0.3, 0.4) is 0 Å². The highest BCUT2D eigenvalue weighted by molar-refractivity contribution is 5.90. The molecule has 1 aliphatic rings. The van der Waals surface area contributed by atoms with Gasteiger partial charge in [-0.1, -0.05) is 6.58 Å². The number of hydrogen-bond acceptors (Lipinski definition) is 6. The van der Waals surface area contributed by atoms with E-state index in [2.05, 4.69) is 21.8 Å². The topological polar surface area (TPSA) is 87.2 Å². The summed E-state index contributed by atoms with van der Waals surface area (Å²) in [5, 5.41) is 20.2. The van der Waals surface area contributed by atoms with Gasteiger partial charge in [-0.05, 0) is 38.3 Å². The van der Waals surface area contributed by atoms with Crippen LogP contribution in [0.2, 0.25) is 0 Å². The molecule has 0 radical (unpaired) electrons. The molecule has 1 unspecified atom stereocenters. The van der Waals surface area contributed by atoms with E-state index in [4.69, 9.17) is 9.47 Å². The second-order valence-electron chi connectivity index (χ2n) is 6.50. The largest absolute Gasteiger partial charge is 0.493 e. The first-order chi connectivity index (χ1) is 13.1. The maximum absolute atomic E-state index is 10.4. The van der Waals surface area contributed by atoms with E-state index in [0.717, 1.165) is 42.5 Å². The van der Waals surface area contributed by atoms with Crippen molar-refractivity contribution in [3.05, 3.63) is 24.5 Å². The van der Waals surface area contributed by atoms with Gasteiger partial charge in [0.05, 0.1) is 29.7 Å². The Balaban J connectivity index is 1.85. The summed E-state index contributed by atoms with van der Waals surface area (Å²) in [6.07, 6.45) is 6.50. The van der Waals surface area contributed by atoms with Crippen molar-refractivity contribution in [1.82, 2.24) is 24.5 Å². The Bertz CT molecular complexity index is 985. The van der Waals surface area contributed by atoms with E-state index in [9.17, 15) is 5.11 Å². The first kappa shape index (κ1) is 17.5. The molecular formula is C19H23N5O3. The molecule has 1 N–H and O–H groups in total. The lowest BCUT2D eigenvalue weighted by Gasteiger charge is -2.23. The molecule has 3 aromatic heterocycles.